The van der Waals surface area contributed by atoms with Gasteiger partial charge in [-0.3, -0.25) is 9.80 Å². The predicted molar refractivity (Wildman–Crippen MR) is 179 cm³/mol. The standard InChI is InChI=1S/C36H54Cl2N2O2/c1-35(2,3)27-10-14-29(15-11-27)41-31-9-7-22-39(25-31)24-20-33(38)34-19-18-32(26-40(34)23-8-21-37)42-30-16-12-28(13-17-30)36(4,5)6/h10-17,31-34H,7-9,18-26H2,1-6H3/t31?,32-,33?,34?/m0/s1. The van der Waals surface area contributed by atoms with Gasteiger partial charge in [-0.05, 0) is 104 Å². The van der Waals surface area contributed by atoms with Gasteiger partial charge >= 0.3 is 0 Å². The zero-order chi connectivity index (χ0) is 30.3. The number of nitrogens with zero attached hydrogens (tertiary/aromatic N) is 2. The maximum absolute atomic E-state index is 7.16. The molecule has 2 aromatic rings. The van der Waals surface area contributed by atoms with Crippen LogP contribution >= 0.6 is 23.2 Å². The van der Waals surface area contributed by atoms with E-state index in [4.69, 9.17) is 32.7 Å². The first-order valence-electron chi connectivity index (χ1n) is 16.1. The molecule has 0 aromatic heterocycles. The van der Waals surface area contributed by atoms with Crippen molar-refractivity contribution in [2.75, 3.05) is 38.6 Å². The molecule has 0 spiro atoms. The first-order chi connectivity index (χ1) is 19.9. The molecule has 0 saturated carbocycles. The summed E-state index contributed by atoms with van der Waals surface area (Å²) in [7, 11) is 0. The highest BCUT2D eigenvalue weighted by atomic mass is 35.5. The van der Waals surface area contributed by atoms with E-state index in [1.807, 2.05) is 0 Å². The molecule has 4 atom stereocenters. The van der Waals surface area contributed by atoms with Gasteiger partial charge in [0.15, 0.2) is 0 Å². The highest BCUT2D eigenvalue weighted by Crippen LogP contribution is 2.30. The Bertz CT molecular complexity index is 1080. The molecular weight excluding hydrogens is 563 g/mol. The average molecular weight is 618 g/mol. The maximum atomic E-state index is 7.16. The Kier molecular flexibility index (Phi) is 12.0. The van der Waals surface area contributed by atoms with E-state index in [0.717, 1.165) is 76.3 Å². The molecule has 0 amide bonds. The number of hydrogen-bond donors (Lipinski definition) is 0. The predicted octanol–water partition coefficient (Wildman–Crippen LogP) is 8.66. The summed E-state index contributed by atoms with van der Waals surface area (Å²) in [6.45, 7) is 18.4. The molecule has 2 aliphatic heterocycles. The third-order valence-electron chi connectivity index (χ3n) is 8.92. The van der Waals surface area contributed by atoms with Crippen LogP contribution in [0.1, 0.15) is 91.2 Å². The second-order valence-electron chi connectivity index (χ2n) is 14.5. The van der Waals surface area contributed by atoms with Crippen LogP contribution in [0.3, 0.4) is 0 Å². The Hall–Kier alpha value is -1.46. The number of benzene rings is 2. The Morgan fingerprint density at radius 1 is 0.762 bits per heavy atom. The third-order valence-corrected chi connectivity index (χ3v) is 9.69. The summed E-state index contributed by atoms with van der Waals surface area (Å²) in [4.78, 5) is 5.09. The molecule has 0 radical (unpaired) electrons. The summed E-state index contributed by atoms with van der Waals surface area (Å²) in [5.41, 5.74) is 2.96. The number of piperidine rings is 2. The molecule has 42 heavy (non-hydrogen) atoms. The number of ether oxygens (including phenoxy) is 2. The van der Waals surface area contributed by atoms with Gasteiger partial charge in [-0.25, -0.2) is 0 Å². The fourth-order valence-electron chi connectivity index (χ4n) is 6.32. The lowest BCUT2D eigenvalue weighted by molar-refractivity contribution is 0.0437. The third kappa shape index (κ3) is 9.78. The van der Waals surface area contributed by atoms with Crippen LogP contribution in [-0.2, 0) is 10.8 Å². The fourth-order valence-corrected chi connectivity index (χ4v) is 6.82. The minimum atomic E-state index is 0.110. The van der Waals surface area contributed by atoms with Gasteiger partial charge < -0.3 is 9.47 Å². The highest BCUT2D eigenvalue weighted by molar-refractivity contribution is 6.21. The SMILES string of the molecule is CC(C)(C)c1ccc(OC2CCCN(CCC(Cl)C3CC[C@H](Oc4ccc(C(C)(C)C)cc4)CN3CCCCl)C2)cc1. The second kappa shape index (κ2) is 15.0. The zero-order valence-corrected chi connectivity index (χ0v) is 28.4. The number of rotatable bonds is 11. The summed E-state index contributed by atoms with van der Waals surface area (Å²) in [6.07, 6.45) is 6.72. The number of hydrogen-bond acceptors (Lipinski definition) is 4. The number of halogens is 2. The van der Waals surface area contributed by atoms with E-state index in [1.165, 1.54) is 17.5 Å². The first kappa shape index (κ1) is 33.4. The van der Waals surface area contributed by atoms with E-state index in [2.05, 4.69) is 99.9 Å². The normalized spacial score (nSPS) is 23.5. The van der Waals surface area contributed by atoms with Crippen LogP contribution in [0, 0.1) is 0 Å². The van der Waals surface area contributed by atoms with E-state index in [9.17, 15) is 0 Å². The molecule has 4 nitrogen and oxygen atoms in total. The molecule has 2 aromatic carbocycles. The molecular formula is C36H54Cl2N2O2. The van der Waals surface area contributed by atoms with Crippen molar-refractivity contribution in [3.63, 3.8) is 0 Å². The lowest BCUT2D eigenvalue weighted by Crippen LogP contribution is -2.52. The summed E-state index contributed by atoms with van der Waals surface area (Å²) >= 11 is 13.3. The maximum Gasteiger partial charge on any atom is 0.119 e. The number of alkyl halides is 2. The van der Waals surface area contributed by atoms with Crippen LogP contribution in [0.2, 0.25) is 0 Å². The highest BCUT2D eigenvalue weighted by Gasteiger charge is 2.34. The molecule has 2 saturated heterocycles. The van der Waals surface area contributed by atoms with Crippen molar-refractivity contribution in [3.05, 3.63) is 59.7 Å². The zero-order valence-electron chi connectivity index (χ0n) is 26.9. The minimum absolute atomic E-state index is 0.110. The van der Waals surface area contributed by atoms with E-state index in [-0.39, 0.29) is 28.4 Å². The van der Waals surface area contributed by atoms with Gasteiger partial charge in [-0.2, -0.15) is 0 Å². The van der Waals surface area contributed by atoms with Crippen LogP contribution < -0.4 is 9.47 Å². The lowest BCUT2D eigenvalue weighted by atomic mass is 9.87. The van der Waals surface area contributed by atoms with Crippen LogP contribution in [0.5, 0.6) is 11.5 Å². The van der Waals surface area contributed by atoms with Gasteiger partial charge in [0.05, 0.1) is 5.38 Å². The molecule has 0 aliphatic carbocycles. The van der Waals surface area contributed by atoms with E-state index in [0.29, 0.717) is 11.9 Å². The van der Waals surface area contributed by atoms with Gasteiger partial charge in [0.2, 0.25) is 0 Å². The van der Waals surface area contributed by atoms with E-state index >= 15 is 0 Å². The van der Waals surface area contributed by atoms with Crippen LogP contribution in [-0.4, -0.2) is 72.0 Å². The largest absolute Gasteiger partial charge is 0.489 e. The minimum Gasteiger partial charge on any atom is -0.489 e. The van der Waals surface area contributed by atoms with Gasteiger partial charge in [0, 0.05) is 25.0 Å². The lowest BCUT2D eigenvalue weighted by Gasteiger charge is -2.42. The summed E-state index contributed by atoms with van der Waals surface area (Å²) in [6, 6.07) is 17.7. The summed E-state index contributed by atoms with van der Waals surface area (Å²) in [5.74, 6) is 2.60. The average Bonchev–Trinajstić information content (AvgIpc) is 2.95. The van der Waals surface area contributed by atoms with Crippen molar-refractivity contribution in [2.24, 2.45) is 0 Å². The Balaban J connectivity index is 1.27. The molecule has 4 rings (SSSR count). The second-order valence-corrected chi connectivity index (χ2v) is 15.4. The summed E-state index contributed by atoms with van der Waals surface area (Å²) in [5, 5.41) is 0.110. The Labute approximate surface area is 266 Å². The molecule has 234 valence electrons. The van der Waals surface area contributed by atoms with Crippen LogP contribution in [0.15, 0.2) is 48.5 Å². The molecule has 2 aliphatic rings. The van der Waals surface area contributed by atoms with Crippen molar-refractivity contribution in [2.45, 2.75) is 115 Å². The quantitative estimate of drug-likeness (QED) is 0.236. The van der Waals surface area contributed by atoms with Crippen LogP contribution in [0.25, 0.3) is 0 Å². The van der Waals surface area contributed by atoms with Gasteiger partial charge in [-0.1, -0.05) is 65.8 Å². The van der Waals surface area contributed by atoms with Gasteiger partial charge in [-0.15, -0.1) is 23.2 Å². The number of likely N-dealkylation sites (tertiary alicyclic amines) is 2. The van der Waals surface area contributed by atoms with Crippen molar-refractivity contribution < 1.29 is 9.47 Å². The monoisotopic (exact) mass is 616 g/mol. The summed E-state index contributed by atoms with van der Waals surface area (Å²) < 4.78 is 12.9. The topological polar surface area (TPSA) is 24.9 Å². The Morgan fingerprint density at radius 2 is 1.31 bits per heavy atom. The van der Waals surface area contributed by atoms with Gasteiger partial charge in [0.25, 0.3) is 0 Å². The van der Waals surface area contributed by atoms with Crippen molar-refractivity contribution >= 4 is 23.2 Å². The van der Waals surface area contributed by atoms with Gasteiger partial charge in [0.1, 0.15) is 23.7 Å². The molecule has 2 fully saturated rings. The molecule has 2 heterocycles. The molecule has 0 bridgehead atoms. The van der Waals surface area contributed by atoms with E-state index < -0.39 is 0 Å². The van der Waals surface area contributed by atoms with E-state index in [1.54, 1.807) is 0 Å². The fraction of sp³-hybridized carbons (Fsp3) is 0.667. The van der Waals surface area contributed by atoms with Crippen molar-refractivity contribution in [3.8, 4) is 11.5 Å². The molecule has 6 heteroatoms. The molecule has 0 N–H and O–H groups in total. The van der Waals surface area contributed by atoms with Crippen molar-refractivity contribution in [1.29, 1.82) is 0 Å². The first-order valence-corrected chi connectivity index (χ1v) is 17.1. The Morgan fingerprint density at radius 3 is 1.83 bits per heavy atom. The molecule has 3 unspecified atom stereocenters. The smallest absolute Gasteiger partial charge is 0.119 e. The van der Waals surface area contributed by atoms with Crippen LogP contribution in [0.4, 0.5) is 0 Å². The van der Waals surface area contributed by atoms with Crippen molar-refractivity contribution in [1.82, 2.24) is 9.80 Å².